The Morgan fingerprint density at radius 1 is 1.42 bits per heavy atom. The Kier molecular flexibility index (Phi) is 4.02. The molecule has 0 aliphatic carbocycles. The number of fused-ring (bicyclic) bond motifs is 4. The van der Waals surface area contributed by atoms with Crippen molar-refractivity contribution >= 4 is 10.9 Å². The highest BCUT2D eigenvalue weighted by molar-refractivity contribution is 5.83. The average molecular weight is 324 g/mol. The number of aromatic nitrogens is 1. The molecular formula is C20H24N2O2. The topological polar surface area (TPSA) is 45.6 Å². The van der Waals surface area contributed by atoms with E-state index in [0.717, 1.165) is 41.7 Å². The molecule has 3 aliphatic rings. The van der Waals surface area contributed by atoms with Crippen molar-refractivity contribution in [2.24, 2.45) is 11.8 Å². The van der Waals surface area contributed by atoms with Crippen LogP contribution in [-0.4, -0.2) is 41.2 Å². The zero-order chi connectivity index (χ0) is 16.7. The zero-order valence-corrected chi connectivity index (χ0v) is 14.1. The highest BCUT2D eigenvalue weighted by Crippen LogP contribution is 2.42. The van der Waals surface area contributed by atoms with Crippen molar-refractivity contribution in [3.8, 4) is 5.75 Å². The summed E-state index contributed by atoms with van der Waals surface area (Å²) in [5.74, 6) is 2.01. The van der Waals surface area contributed by atoms with E-state index in [1.54, 1.807) is 13.3 Å². The first-order valence-electron chi connectivity index (χ1n) is 8.68. The summed E-state index contributed by atoms with van der Waals surface area (Å²) in [5.41, 5.74) is 1.85. The van der Waals surface area contributed by atoms with E-state index in [-0.39, 0.29) is 6.04 Å². The molecule has 2 aromatic rings. The molecule has 2 bridgehead atoms. The van der Waals surface area contributed by atoms with Crippen LogP contribution in [0.5, 0.6) is 5.75 Å². The minimum atomic E-state index is -0.504. The van der Waals surface area contributed by atoms with Crippen molar-refractivity contribution < 1.29 is 9.84 Å². The molecule has 1 aromatic carbocycles. The molecule has 0 spiro atoms. The zero-order valence-electron chi connectivity index (χ0n) is 14.1. The van der Waals surface area contributed by atoms with Gasteiger partial charge in [-0.3, -0.25) is 9.88 Å². The van der Waals surface area contributed by atoms with Gasteiger partial charge in [0.2, 0.25) is 0 Å². The molecule has 3 aliphatic heterocycles. The van der Waals surface area contributed by atoms with Gasteiger partial charge >= 0.3 is 0 Å². The summed E-state index contributed by atoms with van der Waals surface area (Å²) in [5, 5.41) is 12.1. The van der Waals surface area contributed by atoms with Crippen molar-refractivity contribution in [1.82, 2.24) is 9.88 Å². The van der Waals surface area contributed by atoms with E-state index < -0.39 is 6.10 Å². The molecule has 126 valence electrons. The number of benzene rings is 1. The Bertz CT molecular complexity index is 760. The first-order chi connectivity index (χ1) is 11.7. The lowest BCUT2D eigenvalue weighted by atomic mass is 9.73. The minimum Gasteiger partial charge on any atom is -0.497 e. The molecule has 0 radical (unpaired) electrons. The van der Waals surface area contributed by atoms with E-state index in [9.17, 15) is 5.11 Å². The maximum Gasteiger partial charge on any atom is 0.119 e. The molecule has 24 heavy (non-hydrogen) atoms. The number of methoxy groups -OCH3 is 1. The van der Waals surface area contributed by atoms with E-state index in [0.29, 0.717) is 11.8 Å². The summed E-state index contributed by atoms with van der Waals surface area (Å²) < 4.78 is 5.35. The summed E-state index contributed by atoms with van der Waals surface area (Å²) in [4.78, 5) is 6.86. The molecule has 0 amide bonds. The van der Waals surface area contributed by atoms with Crippen LogP contribution in [0.4, 0.5) is 0 Å². The van der Waals surface area contributed by atoms with E-state index >= 15 is 0 Å². The number of hydrogen-bond acceptors (Lipinski definition) is 4. The largest absolute Gasteiger partial charge is 0.497 e. The van der Waals surface area contributed by atoms with Crippen LogP contribution in [-0.2, 0) is 0 Å². The standard InChI is InChI=1S/C20H24N2O2/c1-3-13-12-22-9-7-14(13)10-19(22)20(23)16-6-8-21-18-5-4-15(24-2)11-17(16)18/h3-6,8,11,13-14,19-20,23H,1,7,9-10,12H2,2H3/t13?,14?,19?,20-/m1/s1. The normalized spacial score (nSPS) is 30.2. The van der Waals surface area contributed by atoms with Gasteiger partial charge in [0.1, 0.15) is 5.75 Å². The van der Waals surface area contributed by atoms with Gasteiger partial charge in [0.15, 0.2) is 0 Å². The van der Waals surface area contributed by atoms with Crippen LogP contribution in [0.15, 0.2) is 43.1 Å². The van der Waals surface area contributed by atoms with Gasteiger partial charge in [0, 0.05) is 24.2 Å². The fraction of sp³-hybridized carbons (Fsp3) is 0.450. The maximum absolute atomic E-state index is 11.2. The monoisotopic (exact) mass is 324 g/mol. The van der Waals surface area contributed by atoms with Crippen LogP contribution < -0.4 is 4.74 Å². The number of ether oxygens (including phenoxy) is 1. The molecule has 4 heteroatoms. The van der Waals surface area contributed by atoms with Crippen molar-refractivity contribution in [2.75, 3.05) is 20.2 Å². The van der Waals surface area contributed by atoms with Gasteiger partial charge in [-0.1, -0.05) is 6.08 Å². The highest BCUT2D eigenvalue weighted by atomic mass is 16.5. The highest BCUT2D eigenvalue weighted by Gasteiger charge is 2.42. The molecule has 0 saturated carbocycles. The van der Waals surface area contributed by atoms with E-state index in [4.69, 9.17) is 4.74 Å². The number of rotatable bonds is 4. The van der Waals surface area contributed by atoms with E-state index in [1.165, 1.54) is 6.42 Å². The number of aliphatic hydroxyl groups is 1. The second kappa shape index (κ2) is 6.19. The molecule has 4 nitrogen and oxygen atoms in total. The lowest BCUT2D eigenvalue weighted by Crippen LogP contribution is -2.54. The van der Waals surface area contributed by atoms with Crippen molar-refractivity contribution in [3.05, 3.63) is 48.7 Å². The summed E-state index contributed by atoms with van der Waals surface area (Å²) in [6.07, 6.45) is 5.62. The molecule has 4 unspecified atom stereocenters. The summed E-state index contributed by atoms with van der Waals surface area (Å²) in [6.45, 7) is 6.07. The summed E-state index contributed by atoms with van der Waals surface area (Å²) >= 11 is 0. The number of hydrogen-bond donors (Lipinski definition) is 1. The van der Waals surface area contributed by atoms with Gasteiger partial charge in [0.25, 0.3) is 0 Å². The average Bonchev–Trinajstić information content (AvgIpc) is 2.66. The van der Waals surface area contributed by atoms with Gasteiger partial charge < -0.3 is 9.84 Å². The van der Waals surface area contributed by atoms with Crippen LogP contribution in [0.25, 0.3) is 10.9 Å². The van der Waals surface area contributed by atoms with Crippen LogP contribution in [0.2, 0.25) is 0 Å². The third kappa shape index (κ3) is 2.50. The molecule has 1 aromatic heterocycles. The van der Waals surface area contributed by atoms with Crippen molar-refractivity contribution in [2.45, 2.75) is 25.0 Å². The van der Waals surface area contributed by atoms with Crippen LogP contribution in [0.1, 0.15) is 24.5 Å². The molecule has 3 fully saturated rings. The number of aliphatic hydroxyl groups excluding tert-OH is 1. The molecular weight excluding hydrogens is 300 g/mol. The summed E-state index contributed by atoms with van der Waals surface area (Å²) in [6, 6.07) is 7.96. The summed E-state index contributed by atoms with van der Waals surface area (Å²) in [7, 11) is 1.66. The van der Waals surface area contributed by atoms with Crippen molar-refractivity contribution in [3.63, 3.8) is 0 Å². The Balaban J connectivity index is 1.69. The predicted molar refractivity (Wildman–Crippen MR) is 95.0 cm³/mol. The minimum absolute atomic E-state index is 0.178. The smallest absolute Gasteiger partial charge is 0.119 e. The fourth-order valence-electron chi connectivity index (χ4n) is 4.44. The lowest BCUT2D eigenvalue weighted by molar-refractivity contribution is -0.0444. The Morgan fingerprint density at radius 3 is 3.00 bits per heavy atom. The van der Waals surface area contributed by atoms with Crippen LogP contribution in [0, 0.1) is 11.8 Å². The Labute approximate surface area is 142 Å². The first kappa shape index (κ1) is 15.6. The number of nitrogens with zero attached hydrogens (tertiary/aromatic N) is 2. The number of pyridine rings is 1. The van der Waals surface area contributed by atoms with Gasteiger partial charge in [-0.2, -0.15) is 0 Å². The third-order valence-electron chi connectivity index (χ3n) is 5.82. The second-order valence-corrected chi connectivity index (χ2v) is 6.97. The molecule has 4 heterocycles. The van der Waals surface area contributed by atoms with Gasteiger partial charge in [-0.05, 0) is 61.1 Å². The van der Waals surface area contributed by atoms with Gasteiger partial charge in [-0.15, -0.1) is 6.58 Å². The predicted octanol–water partition coefficient (Wildman–Crippen LogP) is 3.17. The van der Waals surface area contributed by atoms with Gasteiger partial charge in [0.05, 0.1) is 18.7 Å². The Hall–Kier alpha value is -1.91. The van der Waals surface area contributed by atoms with E-state index in [2.05, 4.69) is 22.5 Å². The van der Waals surface area contributed by atoms with Crippen LogP contribution >= 0.6 is 0 Å². The molecule has 3 saturated heterocycles. The quantitative estimate of drug-likeness (QED) is 0.878. The second-order valence-electron chi connectivity index (χ2n) is 6.97. The first-order valence-corrected chi connectivity index (χ1v) is 8.68. The molecule has 1 N–H and O–H groups in total. The third-order valence-corrected chi connectivity index (χ3v) is 5.82. The number of piperidine rings is 3. The van der Waals surface area contributed by atoms with Crippen LogP contribution in [0.3, 0.4) is 0 Å². The van der Waals surface area contributed by atoms with Crippen molar-refractivity contribution in [1.29, 1.82) is 0 Å². The SMILES string of the molecule is C=CC1CN2CCC1CC2[C@H](O)c1ccnc2ccc(OC)cc12. The van der Waals surface area contributed by atoms with Gasteiger partial charge in [-0.25, -0.2) is 0 Å². The lowest BCUT2D eigenvalue weighted by Gasteiger charge is -2.50. The Morgan fingerprint density at radius 2 is 2.29 bits per heavy atom. The maximum atomic E-state index is 11.2. The van der Waals surface area contributed by atoms with E-state index in [1.807, 2.05) is 24.3 Å². The molecule has 5 rings (SSSR count). The molecule has 5 atom stereocenters. The fourth-order valence-corrected chi connectivity index (χ4v) is 4.44.